The number of benzene rings is 6. The van der Waals surface area contributed by atoms with Crippen molar-refractivity contribution in [3.05, 3.63) is 241 Å². The van der Waals surface area contributed by atoms with Crippen LogP contribution in [-0.2, 0) is 144 Å². The zero-order valence-corrected chi connectivity index (χ0v) is 70.1. The summed E-state index contributed by atoms with van der Waals surface area (Å²) < 4.78 is 134. The van der Waals surface area contributed by atoms with Crippen LogP contribution in [-0.4, -0.2) is 213 Å². The third kappa shape index (κ3) is 25.7. The molecule has 0 saturated carbocycles. The van der Waals surface area contributed by atoms with E-state index in [2.05, 4.69) is 51.3 Å². The van der Waals surface area contributed by atoms with Gasteiger partial charge < -0.3 is 120 Å². The summed E-state index contributed by atoms with van der Waals surface area (Å²) in [6.45, 7) is 34.6. The van der Waals surface area contributed by atoms with Crippen molar-refractivity contribution in [3.8, 4) is 0 Å². The van der Waals surface area contributed by atoms with Crippen LogP contribution in [0.15, 0.2) is 207 Å². The topological polar surface area (TPSA) is 264 Å². The van der Waals surface area contributed by atoms with Crippen LogP contribution in [0.2, 0.25) is 0 Å². The quantitative estimate of drug-likeness (QED) is 0.0385. The molecule has 119 heavy (non-hydrogen) atoms. The molecule has 9 aliphatic rings. The van der Waals surface area contributed by atoms with Crippen molar-refractivity contribution in [3.63, 3.8) is 0 Å². The number of fused-ring (bicyclic) bond motifs is 3. The summed E-state index contributed by atoms with van der Waals surface area (Å²) in [6.07, 6.45) is -7.71. The Morgan fingerprint density at radius 2 is 0.605 bits per heavy atom. The summed E-state index contributed by atoms with van der Waals surface area (Å²) in [5.74, 6) is -2.79. The van der Waals surface area contributed by atoms with E-state index in [9.17, 15) is 15.3 Å². The minimum Gasteiger partial charge on any atom is -0.388 e. The Bertz CT molecular complexity index is 3890. The van der Waals surface area contributed by atoms with Crippen LogP contribution in [0.4, 0.5) is 0 Å². The molecule has 3 N–H and O–H groups in total. The van der Waals surface area contributed by atoms with Gasteiger partial charge in [0, 0.05) is 17.8 Å². The number of ether oxygens (including phenoxy) is 22. The summed E-state index contributed by atoms with van der Waals surface area (Å²) in [7, 11) is 0. The molecule has 0 amide bonds. The van der Waals surface area contributed by atoms with Crippen molar-refractivity contribution in [2.24, 2.45) is 17.8 Å². The molecule has 27 atom stereocenters. The minimum atomic E-state index is -1.08. The van der Waals surface area contributed by atoms with Gasteiger partial charge in [-0.15, -0.1) is 13.2 Å². The van der Waals surface area contributed by atoms with Crippen molar-refractivity contribution < 1.29 is 120 Å². The average molecular weight is 1660 g/mol. The molecule has 9 aliphatic heterocycles. The summed E-state index contributed by atoms with van der Waals surface area (Å²) in [5.41, 5.74) is 6.59. The first-order valence-electron chi connectivity index (χ1n) is 41.4. The highest BCUT2D eigenvalue weighted by atomic mass is 16.8. The van der Waals surface area contributed by atoms with E-state index >= 15 is 0 Å². The van der Waals surface area contributed by atoms with E-state index in [1.807, 2.05) is 220 Å². The van der Waals surface area contributed by atoms with Gasteiger partial charge >= 0.3 is 0 Å². The lowest BCUT2D eigenvalue weighted by Gasteiger charge is -2.45. The molecule has 9 heterocycles. The smallest absolute Gasteiger partial charge is 0.187 e. The van der Waals surface area contributed by atoms with Crippen LogP contribution in [0.3, 0.4) is 0 Å². The molecule has 0 aromatic heterocycles. The molecule has 15 unspecified atom stereocenters. The minimum absolute atomic E-state index is 0. The Balaban J connectivity index is 0.000000162. The first-order chi connectivity index (χ1) is 56.8. The van der Waals surface area contributed by atoms with Crippen molar-refractivity contribution in [2.75, 3.05) is 33.0 Å². The Hall–Kier alpha value is -6.20. The van der Waals surface area contributed by atoms with Crippen LogP contribution < -0.4 is 0 Å². The van der Waals surface area contributed by atoms with E-state index < -0.39 is 110 Å². The second-order valence-electron chi connectivity index (χ2n) is 32.8. The predicted molar refractivity (Wildman–Crippen MR) is 441 cm³/mol. The standard InChI is InChI=1S/C32H42O8.C29H38O8.C20H24O4.C12H20O5.CH4/c1-6-17-33-31-29-28(39-32(4,5)40-29)27(22(3)37-31)38-30-21(2)26(35-19-24-15-11-8-12-16-24)25(20-36-30)34-18-23-13-9-7-10-14-23;1-18-23(32-16-21-13-9-6-10-14-21)22(31-15-20-11-7-5-8-12-20)17-33-28(18)35-24-19(2)34-27(30)26-25(24)36-29(3,4)37-26;1-15-19(23-13-17-10-6-3-7-11-17)18(14-24-20(15)21)22-12-16-8-4-2-5-9-16;1-5-6-14-11-10-9(8(13)7(2)15-11)16-12(3,4)17-10;/h6-16,21-22,25-31H,1,17-20H2,2-5H3;5-14,18-19,22-28,30H,15-17H2,1-4H3;2-11,15,18-21H,12-14H2,1H3;5,7-11,13H,1,6H2,2-4H3;1H4/t21?,22?,25-,26?,27+,28?,29?,30+,31-;18?,19?,22-,23?,24+,25?,26?,27-,28+;15?,18-,19?,20-;7?,8-,9?,10?,11+;/m1110./s1. The summed E-state index contributed by atoms with van der Waals surface area (Å²) in [5, 5.41) is 30.4. The van der Waals surface area contributed by atoms with E-state index in [1.54, 1.807) is 19.1 Å². The maximum absolute atomic E-state index is 10.4. The highest BCUT2D eigenvalue weighted by molar-refractivity contribution is 5.19. The normalized spacial score (nSPS) is 35.2. The van der Waals surface area contributed by atoms with Crippen molar-refractivity contribution >= 4 is 0 Å². The van der Waals surface area contributed by atoms with Crippen LogP contribution >= 0.6 is 0 Å². The third-order valence-corrected chi connectivity index (χ3v) is 22.1. The third-order valence-electron chi connectivity index (χ3n) is 22.1. The Morgan fingerprint density at radius 3 is 0.966 bits per heavy atom. The molecule has 15 rings (SSSR count). The molecule has 0 radical (unpaired) electrons. The number of hydrogen-bond acceptors (Lipinski definition) is 25. The molecule has 25 nitrogen and oxygen atoms in total. The molecule has 9 fully saturated rings. The first-order valence-corrected chi connectivity index (χ1v) is 41.4. The molecule has 0 aliphatic carbocycles. The van der Waals surface area contributed by atoms with Gasteiger partial charge in [0.15, 0.2) is 55.1 Å². The SMILES string of the molecule is C.C=CCO[C@@H]1OC(C)[C@H](O)C2OC(C)(C)OC21.C=CCO[C@@H]1OC(C)[C@H](O[C@@H]2OC[C@@H](OCc3ccccc3)C(OCc3ccccc3)C2C)C2OC(C)(C)OC21.CC1C(OCc2ccccc2)[C@H](OCc2ccccc2)CO[C@H]1O.CC1C(OCc2ccccc2)[C@H](OCc2ccccc2)CO[C@H]1O[C@H]1C(C)O[C@@H](O)C2OC(C)(C)OC21. The lowest BCUT2D eigenvalue weighted by Crippen LogP contribution is -2.60. The fourth-order valence-electron chi connectivity index (χ4n) is 16.0. The van der Waals surface area contributed by atoms with Crippen molar-refractivity contribution in [2.45, 2.75) is 295 Å². The van der Waals surface area contributed by atoms with Crippen LogP contribution in [0.5, 0.6) is 0 Å². The lowest BCUT2D eigenvalue weighted by atomic mass is 9.95. The lowest BCUT2D eigenvalue weighted by molar-refractivity contribution is -0.326. The number of aliphatic hydroxyl groups is 3. The molecule has 654 valence electrons. The van der Waals surface area contributed by atoms with Gasteiger partial charge in [-0.25, -0.2) is 0 Å². The zero-order valence-electron chi connectivity index (χ0n) is 70.1. The second-order valence-corrected chi connectivity index (χ2v) is 32.8. The summed E-state index contributed by atoms with van der Waals surface area (Å²) in [4.78, 5) is 0. The van der Waals surface area contributed by atoms with Gasteiger partial charge in [-0.05, 0) is 95.7 Å². The van der Waals surface area contributed by atoms with E-state index in [4.69, 9.17) is 104 Å². The van der Waals surface area contributed by atoms with E-state index in [0.29, 0.717) is 72.7 Å². The highest BCUT2D eigenvalue weighted by Gasteiger charge is 2.59. The summed E-state index contributed by atoms with van der Waals surface area (Å²) >= 11 is 0. The van der Waals surface area contributed by atoms with Crippen LogP contribution in [0.1, 0.15) is 124 Å². The van der Waals surface area contributed by atoms with E-state index in [1.165, 1.54) is 0 Å². The van der Waals surface area contributed by atoms with Crippen LogP contribution in [0.25, 0.3) is 0 Å². The van der Waals surface area contributed by atoms with E-state index in [-0.39, 0.29) is 80.1 Å². The Kier molecular flexibility index (Phi) is 34.9. The predicted octanol–water partition coefficient (Wildman–Crippen LogP) is 13.4. The molecule has 6 aromatic carbocycles. The van der Waals surface area contributed by atoms with Crippen molar-refractivity contribution in [1.82, 2.24) is 0 Å². The first kappa shape index (κ1) is 93.5. The number of hydrogen-bond donors (Lipinski definition) is 3. The Labute approximate surface area is 702 Å². The van der Waals surface area contributed by atoms with Crippen LogP contribution in [0, 0.1) is 17.8 Å². The van der Waals surface area contributed by atoms with Crippen molar-refractivity contribution in [1.29, 1.82) is 0 Å². The molecule has 6 aromatic rings. The molecular weight excluding hydrogens is 1530 g/mol. The van der Waals surface area contributed by atoms with E-state index in [0.717, 1.165) is 33.4 Å². The van der Waals surface area contributed by atoms with Gasteiger partial charge in [0.2, 0.25) is 0 Å². The average Bonchev–Trinajstić information content (AvgIpc) is 1.64. The highest BCUT2D eigenvalue weighted by Crippen LogP contribution is 2.44. The molecule has 25 heteroatoms. The Morgan fingerprint density at radius 1 is 0.319 bits per heavy atom. The maximum Gasteiger partial charge on any atom is 0.187 e. The molecule has 0 bridgehead atoms. The van der Waals surface area contributed by atoms with Gasteiger partial charge in [0.1, 0.15) is 73.2 Å². The van der Waals surface area contributed by atoms with Gasteiger partial charge in [0.05, 0.1) is 109 Å². The maximum atomic E-state index is 10.4. The van der Waals surface area contributed by atoms with Gasteiger partial charge in [0.25, 0.3) is 0 Å². The monoisotopic (exact) mass is 1660 g/mol. The fourth-order valence-corrected chi connectivity index (χ4v) is 16.0. The number of rotatable bonds is 28. The number of aliphatic hydroxyl groups excluding tert-OH is 3. The van der Waals surface area contributed by atoms with Gasteiger partial charge in [-0.2, -0.15) is 0 Å². The zero-order chi connectivity index (χ0) is 83.5. The largest absolute Gasteiger partial charge is 0.388 e. The fraction of sp³-hybridized carbons (Fsp3) is 0.574. The van der Waals surface area contributed by atoms with Gasteiger partial charge in [-0.1, -0.05) is 222 Å². The second kappa shape index (κ2) is 44.4. The van der Waals surface area contributed by atoms with Gasteiger partial charge in [-0.3, -0.25) is 0 Å². The molecule has 0 spiro atoms. The molecule has 9 saturated heterocycles. The molecular formula is C94H128O25. The summed E-state index contributed by atoms with van der Waals surface area (Å²) in [6, 6.07) is 60.5.